The fraction of sp³-hybridized carbons (Fsp3) is 0.667. The van der Waals surface area contributed by atoms with Gasteiger partial charge >= 0.3 is 0 Å². The lowest BCUT2D eigenvalue weighted by Crippen LogP contribution is -2.23. The van der Waals surface area contributed by atoms with Crippen LogP contribution in [0.1, 0.15) is 31.4 Å². The molecule has 0 radical (unpaired) electrons. The summed E-state index contributed by atoms with van der Waals surface area (Å²) in [5.41, 5.74) is 1.26. The van der Waals surface area contributed by atoms with Gasteiger partial charge in [-0.3, -0.25) is 0 Å². The molecule has 1 aliphatic carbocycles. The highest BCUT2D eigenvalue weighted by molar-refractivity contribution is 7.14. The van der Waals surface area contributed by atoms with E-state index < -0.39 is 0 Å². The van der Waals surface area contributed by atoms with E-state index in [9.17, 15) is 0 Å². The maximum absolute atomic E-state index is 5.90. The smallest absolute Gasteiger partial charge is 0.0931 e. The lowest BCUT2D eigenvalue weighted by molar-refractivity contribution is 0.124. The average molecular weight is 260 g/mol. The van der Waals surface area contributed by atoms with E-state index in [0.717, 1.165) is 30.0 Å². The Morgan fingerprint density at radius 2 is 2.44 bits per heavy atom. The number of hydrogen-bond acceptors (Lipinski definition) is 3. The zero-order valence-electron chi connectivity index (χ0n) is 9.54. The van der Waals surface area contributed by atoms with Crippen LogP contribution in [0.15, 0.2) is 11.4 Å². The first kappa shape index (κ1) is 12.4. The highest BCUT2D eigenvalue weighted by atomic mass is 35.5. The van der Waals surface area contributed by atoms with Crippen molar-refractivity contribution < 1.29 is 4.74 Å². The Morgan fingerprint density at radius 3 is 3.06 bits per heavy atom. The molecule has 1 fully saturated rings. The zero-order chi connectivity index (χ0) is 11.4. The molecule has 16 heavy (non-hydrogen) atoms. The normalized spacial score (nSPS) is 17.6. The standard InChI is InChI=1S/C12H18ClNOS/c1-9(11-6-12(13)16-8-11)14-4-5-15-7-10-2-3-10/h6,8-10,14H,2-5,7H2,1H3. The number of hydrogen-bond donors (Lipinski definition) is 1. The Labute approximate surface area is 106 Å². The van der Waals surface area contributed by atoms with E-state index in [0.29, 0.717) is 6.04 Å². The molecule has 90 valence electrons. The minimum atomic E-state index is 0.355. The second kappa shape index (κ2) is 6.01. The summed E-state index contributed by atoms with van der Waals surface area (Å²) in [5.74, 6) is 0.855. The van der Waals surface area contributed by atoms with Gasteiger partial charge in [-0.05, 0) is 42.7 Å². The van der Waals surface area contributed by atoms with Crippen LogP contribution in [0.3, 0.4) is 0 Å². The van der Waals surface area contributed by atoms with Crippen LogP contribution in [-0.2, 0) is 4.74 Å². The van der Waals surface area contributed by atoms with Gasteiger partial charge in [0.2, 0.25) is 0 Å². The first-order chi connectivity index (χ1) is 7.75. The molecule has 0 spiro atoms. The molecule has 1 aromatic heterocycles. The fourth-order valence-electron chi connectivity index (χ4n) is 1.55. The molecule has 1 aromatic rings. The molecule has 0 saturated heterocycles. The van der Waals surface area contributed by atoms with E-state index in [1.165, 1.54) is 18.4 Å². The van der Waals surface area contributed by atoms with E-state index in [4.69, 9.17) is 16.3 Å². The quantitative estimate of drug-likeness (QED) is 0.757. The van der Waals surface area contributed by atoms with Gasteiger partial charge in [0.25, 0.3) is 0 Å². The molecule has 1 heterocycles. The average Bonchev–Trinajstić information content (AvgIpc) is 2.99. The van der Waals surface area contributed by atoms with Gasteiger partial charge in [0.1, 0.15) is 0 Å². The Kier molecular flexibility index (Phi) is 4.65. The third-order valence-corrected chi connectivity index (χ3v) is 3.94. The minimum absolute atomic E-state index is 0.355. The monoisotopic (exact) mass is 259 g/mol. The van der Waals surface area contributed by atoms with Gasteiger partial charge in [0, 0.05) is 19.2 Å². The number of halogens is 1. The minimum Gasteiger partial charge on any atom is -0.380 e. The molecule has 1 N–H and O–H groups in total. The van der Waals surface area contributed by atoms with Crippen molar-refractivity contribution in [3.05, 3.63) is 21.3 Å². The summed E-state index contributed by atoms with van der Waals surface area (Å²) in [6.07, 6.45) is 2.72. The van der Waals surface area contributed by atoms with E-state index >= 15 is 0 Å². The van der Waals surface area contributed by atoms with Gasteiger partial charge in [0.15, 0.2) is 0 Å². The predicted octanol–water partition coefficient (Wildman–Crippen LogP) is 3.48. The Morgan fingerprint density at radius 1 is 1.62 bits per heavy atom. The third-order valence-electron chi connectivity index (χ3n) is 2.84. The Bertz CT molecular complexity index is 325. The predicted molar refractivity (Wildman–Crippen MR) is 69.3 cm³/mol. The summed E-state index contributed by atoms with van der Waals surface area (Å²) in [7, 11) is 0. The van der Waals surface area contributed by atoms with Crippen LogP contribution >= 0.6 is 22.9 Å². The highest BCUT2D eigenvalue weighted by Crippen LogP contribution is 2.28. The van der Waals surface area contributed by atoms with Crippen molar-refractivity contribution in [1.82, 2.24) is 5.32 Å². The fourth-order valence-corrected chi connectivity index (χ4v) is 2.54. The van der Waals surface area contributed by atoms with Crippen LogP contribution in [0, 0.1) is 5.92 Å². The summed E-state index contributed by atoms with van der Waals surface area (Å²) in [5, 5.41) is 5.53. The van der Waals surface area contributed by atoms with Crippen molar-refractivity contribution in [2.75, 3.05) is 19.8 Å². The molecule has 1 unspecified atom stereocenters. The summed E-state index contributed by atoms with van der Waals surface area (Å²) in [6.45, 7) is 4.81. The van der Waals surface area contributed by atoms with Crippen LogP contribution in [0.4, 0.5) is 0 Å². The summed E-state index contributed by atoms with van der Waals surface area (Å²) in [4.78, 5) is 0. The van der Waals surface area contributed by atoms with Crippen molar-refractivity contribution in [2.45, 2.75) is 25.8 Å². The van der Waals surface area contributed by atoms with E-state index in [1.807, 2.05) is 6.07 Å². The molecule has 1 aliphatic rings. The molecule has 2 nitrogen and oxygen atoms in total. The lowest BCUT2D eigenvalue weighted by atomic mass is 10.2. The van der Waals surface area contributed by atoms with Crippen LogP contribution < -0.4 is 5.32 Å². The second-order valence-corrected chi connectivity index (χ2v) is 5.92. The largest absolute Gasteiger partial charge is 0.380 e. The molecule has 2 rings (SSSR count). The number of rotatable bonds is 7. The summed E-state index contributed by atoms with van der Waals surface area (Å²) < 4.78 is 6.42. The molecule has 0 bridgehead atoms. The number of nitrogens with one attached hydrogen (secondary N) is 1. The lowest BCUT2D eigenvalue weighted by Gasteiger charge is -2.12. The van der Waals surface area contributed by atoms with Crippen molar-refractivity contribution in [3.63, 3.8) is 0 Å². The third kappa shape index (κ3) is 4.06. The second-order valence-electron chi connectivity index (χ2n) is 4.38. The van der Waals surface area contributed by atoms with Crippen LogP contribution in [-0.4, -0.2) is 19.8 Å². The van der Waals surface area contributed by atoms with E-state index in [2.05, 4.69) is 17.6 Å². The first-order valence-electron chi connectivity index (χ1n) is 5.81. The SMILES string of the molecule is CC(NCCOCC1CC1)c1csc(Cl)c1. The molecule has 1 atom stereocenters. The zero-order valence-corrected chi connectivity index (χ0v) is 11.1. The van der Waals surface area contributed by atoms with Crippen LogP contribution in [0.2, 0.25) is 4.34 Å². The van der Waals surface area contributed by atoms with Crippen molar-refractivity contribution in [2.24, 2.45) is 5.92 Å². The van der Waals surface area contributed by atoms with Gasteiger partial charge in [-0.1, -0.05) is 11.6 Å². The molecular formula is C12H18ClNOS. The van der Waals surface area contributed by atoms with Gasteiger partial charge in [-0.2, -0.15) is 0 Å². The van der Waals surface area contributed by atoms with Crippen LogP contribution in [0.5, 0.6) is 0 Å². The molecular weight excluding hydrogens is 242 g/mol. The van der Waals surface area contributed by atoms with Crippen molar-refractivity contribution >= 4 is 22.9 Å². The molecule has 1 saturated carbocycles. The van der Waals surface area contributed by atoms with Gasteiger partial charge in [0.05, 0.1) is 10.9 Å². The summed E-state index contributed by atoms with van der Waals surface area (Å²) in [6, 6.07) is 2.38. The summed E-state index contributed by atoms with van der Waals surface area (Å²) >= 11 is 7.48. The van der Waals surface area contributed by atoms with Gasteiger partial charge in [-0.15, -0.1) is 11.3 Å². The number of ether oxygens (including phenoxy) is 1. The Balaban J connectivity index is 1.57. The van der Waals surface area contributed by atoms with Gasteiger partial charge < -0.3 is 10.1 Å². The Hall–Kier alpha value is -0.0900. The number of thiophene rings is 1. The van der Waals surface area contributed by atoms with Gasteiger partial charge in [-0.25, -0.2) is 0 Å². The molecule has 0 amide bonds. The van der Waals surface area contributed by atoms with E-state index in [1.54, 1.807) is 11.3 Å². The van der Waals surface area contributed by atoms with Crippen molar-refractivity contribution in [3.8, 4) is 0 Å². The molecule has 0 aromatic carbocycles. The van der Waals surface area contributed by atoms with Crippen LogP contribution in [0.25, 0.3) is 0 Å². The molecule has 4 heteroatoms. The molecule has 0 aliphatic heterocycles. The maximum Gasteiger partial charge on any atom is 0.0931 e. The van der Waals surface area contributed by atoms with E-state index in [-0.39, 0.29) is 0 Å². The maximum atomic E-state index is 5.90. The topological polar surface area (TPSA) is 21.3 Å². The highest BCUT2D eigenvalue weighted by Gasteiger charge is 2.20. The van der Waals surface area contributed by atoms with Crippen molar-refractivity contribution in [1.29, 1.82) is 0 Å². The first-order valence-corrected chi connectivity index (χ1v) is 7.06.